The molecule has 7 nitrogen and oxygen atoms in total. The summed E-state index contributed by atoms with van der Waals surface area (Å²) >= 11 is 0. The van der Waals surface area contributed by atoms with Crippen molar-refractivity contribution in [1.29, 1.82) is 0 Å². The topological polar surface area (TPSA) is 88.1 Å². The number of nitrogens with one attached hydrogen (secondary N) is 1. The van der Waals surface area contributed by atoms with E-state index in [1.807, 2.05) is 26.0 Å². The van der Waals surface area contributed by atoms with Crippen molar-refractivity contribution in [3.63, 3.8) is 0 Å². The Morgan fingerprint density at radius 3 is 2.91 bits per heavy atom. The van der Waals surface area contributed by atoms with Gasteiger partial charge < -0.3 is 0 Å². The molecule has 120 valence electrons. The molecule has 0 saturated carbocycles. The van der Waals surface area contributed by atoms with Gasteiger partial charge >= 0.3 is 134 Å². The number of amides is 1. The maximum absolute atomic E-state index is 12.8. The molecule has 1 aromatic rings. The minimum absolute atomic E-state index is 0.207. The first kappa shape index (κ1) is 16.9. The summed E-state index contributed by atoms with van der Waals surface area (Å²) in [5.41, 5.74) is 3.29. The van der Waals surface area contributed by atoms with Gasteiger partial charge in [0.15, 0.2) is 0 Å². The molecule has 0 fully saturated rings. The zero-order chi connectivity index (χ0) is 17.0. The number of methoxy groups -OCH3 is 1. The van der Waals surface area contributed by atoms with E-state index < -0.39 is 12.0 Å². The summed E-state index contributed by atoms with van der Waals surface area (Å²) in [6.45, 7) is 3.87. The van der Waals surface area contributed by atoms with Crippen LogP contribution in [0.25, 0.3) is 0 Å². The predicted octanol–water partition coefficient (Wildman–Crippen LogP) is 0.682. The Kier molecular flexibility index (Phi) is 5.26. The van der Waals surface area contributed by atoms with Crippen molar-refractivity contribution < 1.29 is 19.0 Å². The van der Waals surface area contributed by atoms with E-state index in [2.05, 4.69) is 15.0 Å². The van der Waals surface area contributed by atoms with E-state index in [1.54, 1.807) is 0 Å². The summed E-state index contributed by atoms with van der Waals surface area (Å²) in [4.78, 5) is 29.8. The average molecular weight is 315 g/mol. The number of ether oxygens (including phenoxy) is 1. The van der Waals surface area contributed by atoms with Crippen LogP contribution in [-0.2, 0) is 19.0 Å². The average Bonchev–Trinajstić information content (AvgIpc) is 2.63. The molecule has 1 N–H and O–H groups in total. The molecule has 0 bridgehead atoms. The Balaban J connectivity index is 2.51. The fourth-order valence-electron chi connectivity index (χ4n) is 2.64. The monoisotopic (exact) mass is 315 g/mol. The molecule has 0 aliphatic carbocycles. The quantitative estimate of drug-likeness (QED) is 0.501. The molecular weight excluding hydrogens is 297 g/mol. The first-order valence-corrected chi connectivity index (χ1v) is 7.18. The van der Waals surface area contributed by atoms with Crippen molar-refractivity contribution in [1.82, 2.24) is 0 Å². The second-order valence-corrected chi connectivity index (χ2v) is 5.31. The fraction of sp³-hybridized carbons (Fsp3) is 0.400. The van der Waals surface area contributed by atoms with Crippen LogP contribution < -0.4 is 10.2 Å². The zero-order valence-electron chi connectivity index (χ0n) is 13.3. The van der Waals surface area contributed by atoms with E-state index in [0.29, 0.717) is 12.8 Å². The van der Waals surface area contributed by atoms with E-state index in [0.717, 1.165) is 22.9 Å². The second kappa shape index (κ2) is 7.17. The number of benzene rings is 1. The molecule has 1 atom stereocenters. The summed E-state index contributed by atoms with van der Waals surface area (Å²) in [5, 5.41) is 3.17. The summed E-state index contributed by atoms with van der Waals surface area (Å²) in [7, 11) is 1.79. The second-order valence-electron chi connectivity index (χ2n) is 5.31. The van der Waals surface area contributed by atoms with E-state index in [1.165, 1.54) is 12.0 Å². The van der Waals surface area contributed by atoms with Gasteiger partial charge in [-0.2, -0.15) is 0 Å². The number of carbonyl (C=O) groups excluding carboxylic acids is 2. The van der Waals surface area contributed by atoms with Crippen molar-refractivity contribution in [3.8, 4) is 0 Å². The van der Waals surface area contributed by atoms with Crippen LogP contribution in [0, 0.1) is 13.8 Å². The molecule has 2 rings (SSSR count). The molecule has 0 aromatic heterocycles. The van der Waals surface area contributed by atoms with Gasteiger partial charge in [0.05, 0.1) is 0 Å². The third kappa shape index (κ3) is 3.64. The van der Waals surface area contributed by atoms with Gasteiger partial charge in [-0.25, -0.2) is 0 Å². The number of aliphatic imine (C=N–C) groups is 1. The number of nitrogens with zero attached hydrogens (tertiary/aromatic N) is 2. The van der Waals surface area contributed by atoms with Crippen LogP contribution in [0.2, 0.25) is 0 Å². The van der Waals surface area contributed by atoms with Gasteiger partial charge in [0, 0.05) is 0 Å². The molecule has 23 heavy (non-hydrogen) atoms. The number of hydrogen-bond donors (Lipinski definition) is 1. The Bertz CT molecular complexity index is 675. The van der Waals surface area contributed by atoms with Gasteiger partial charge in [-0.15, -0.1) is 0 Å². The van der Waals surface area contributed by atoms with E-state index in [9.17, 15) is 14.3 Å². The third-order valence-electron chi connectivity index (χ3n) is 3.59. The van der Waals surface area contributed by atoms with E-state index in [-0.39, 0.29) is 19.0 Å². The molecule has 1 aromatic carbocycles. The molecule has 8 heteroatoms. The van der Waals surface area contributed by atoms with Crippen LogP contribution in [0.3, 0.4) is 0 Å². The number of hydrogen-bond acceptors (Lipinski definition) is 6. The number of anilines is 2. The summed E-state index contributed by atoms with van der Waals surface area (Å²) < 4.78 is 15.2. The van der Waals surface area contributed by atoms with Gasteiger partial charge in [-0.05, 0) is 0 Å². The van der Waals surface area contributed by atoms with Gasteiger partial charge in [0.2, 0.25) is 0 Å². The molecule has 0 saturated heterocycles. The fourth-order valence-corrected chi connectivity index (χ4v) is 2.64. The number of rotatable bonds is 4. The Morgan fingerprint density at radius 2 is 2.26 bits per heavy atom. The molecule has 0 radical (unpaired) electrons. The molecule has 0 spiro atoms. The summed E-state index contributed by atoms with van der Waals surface area (Å²) in [5.74, 6) is -0.879. The molecule has 0 unspecified atom stereocenters. The van der Waals surface area contributed by atoms with Crippen molar-refractivity contribution in [2.75, 3.05) is 30.4 Å². The molecular formula is C15H18BN3O4. The standard InChI is InChI=1S/C15H18BN3O4/c1-9-4-10(2)14-11(5-9)17-6-12(18-8-16-22)15(21)19(14)7-13(20)23-3/h4-5,8,12,17H,6-7H2,1-3H3/t12-/m0/s1. The van der Waals surface area contributed by atoms with Crippen molar-refractivity contribution in [2.24, 2.45) is 4.99 Å². The Morgan fingerprint density at radius 1 is 1.52 bits per heavy atom. The number of fused-ring (bicyclic) bond motifs is 1. The number of esters is 1. The van der Waals surface area contributed by atoms with Crippen molar-refractivity contribution in [3.05, 3.63) is 23.3 Å². The van der Waals surface area contributed by atoms with Gasteiger partial charge in [0.1, 0.15) is 0 Å². The molecule has 1 aliphatic rings. The Hall–Kier alpha value is -2.51. The van der Waals surface area contributed by atoms with Crippen LogP contribution in [0.1, 0.15) is 11.1 Å². The van der Waals surface area contributed by atoms with Crippen LogP contribution in [0.5, 0.6) is 0 Å². The van der Waals surface area contributed by atoms with Crippen molar-refractivity contribution >= 4 is 36.5 Å². The van der Waals surface area contributed by atoms with Gasteiger partial charge in [-0.1, -0.05) is 0 Å². The summed E-state index contributed by atoms with van der Waals surface area (Å²) in [6, 6.07) is 3.07. The van der Waals surface area contributed by atoms with Crippen LogP contribution in [0.15, 0.2) is 17.1 Å². The van der Waals surface area contributed by atoms with Gasteiger partial charge in [-0.3, -0.25) is 0 Å². The normalized spacial score (nSPS) is 17.3. The molecule has 1 aliphatic heterocycles. The zero-order valence-corrected chi connectivity index (χ0v) is 13.3. The summed E-state index contributed by atoms with van der Waals surface area (Å²) in [6.07, 6.45) is 1.05. The van der Waals surface area contributed by atoms with E-state index >= 15 is 0 Å². The van der Waals surface area contributed by atoms with Crippen LogP contribution in [-0.4, -0.2) is 51.4 Å². The first-order chi connectivity index (χ1) is 11.0. The SMILES string of the molecule is COC(=O)CN1C(=O)[C@@H](N=CB=O)CNc2cc(C)cc(C)c21. The Labute approximate surface area is 135 Å². The number of carbonyl (C=O) groups is 2. The maximum atomic E-state index is 12.8. The van der Waals surface area contributed by atoms with Crippen molar-refractivity contribution in [2.45, 2.75) is 19.9 Å². The first-order valence-electron chi connectivity index (χ1n) is 7.18. The minimum atomic E-state index is -0.781. The molecule has 1 heterocycles. The predicted molar refractivity (Wildman–Crippen MR) is 87.5 cm³/mol. The van der Waals surface area contributed by atoms with E-state index in [4.69, 9.17) is 0 Å². The third-order valence-corrected chi connectivity index (χ3v) is 3.59. The van der Waals surface area contributed by atoms with Crippen LogP contribution >= 0.6 is 0 Å². The van der Waals surface area contributed by atoms with Gasteiger partial charge in [0.25, 0.3) is 0 Å². The molecule has 1 amide bonds. The van der Waals surface area contributed by atoms with Crippen LogP contribution in [0.4, 0.5) is 11.4 Å². The number of aryl methyl sites for hydroxylation is 2.